The van der Waals surface area contributed by atoms with Crippen LogP contribution in [0.15, 0.2) is 12.2 Å². The largest absolute Gasteiger partial charge is 0.355 e. The molecule has 4 atom stereocenters. The van der Waals surface area contributed by atoms with Crippen LogP contribution in [0, 0.1) is 17.8 Å². The fourth-order valence-corrected chi connectivity index (χ4v) is 4.70. The van der Waals surface area contributed by atoms with E-state index in [1.807, 2.05) is 0 Å². The Morgan fingerprint density at radius 2 is 1.52 bits per heavy atom. The Morgan fingerprint density at radius 1 is 0.839 bits per heavy atom. The summed E-state index contributed by atoms with van der Waals surface area (Å²) in [4.78, 5) is 12.1. The molecule has 0 aliphatic heterocycles. The number of rotatable bonds is 20. The number of amides is 1. The van der Waals surface area contributed by atoms with Gasteiger partial charge < -0.3 is 32.7 Å². The number of allylic oxidation sites excluding steroid dienone is 2. The zero-order valence-electron chi connectivity index (χ0n) is 19.5. The minimum atomic E-state index is -0.379. The lowest BCUT2D eigenvalue weighted by atomic mass is 9.93. The van der Waals surface area contributed by atoms with Crippen LogP contribution >= 0.6 is 0 Å². The highest BCUT2D eigenvalue weighted by atomic mass is 16.2. The van der Waals surface area contributed by atoms with Gasteiger partial charge in [-0.3, -0.25) is 4.79 Å². The molecule has 2 bridgehead atoms. The van der Waals surface area contributed by atoms with Crippen molar-refractivity contribution in [1.82, 2.24) is 21.3 Å². The molecule has 0 aromatic heterocycles. The summed E-state index contributed by atoms with van der Waals surface area (Å²) in [6, 6.07) is -0.379. The number of nitrogens with one attached hydrogen (secondary N) is 4. The van der Waals surface area contributed by atoms with Crippen LogP contribution in [0.1, 0.15) is 57.8 Å². The van der Waals surface area contributed by atoms with Gasteiger partial charge >= 0.3 is 0 Å². The Balaban J connectivity index is 1.31. The lowest BCUT2D eigenvalue weighted by molar-refractivity contribution is -0.122. The zero-order chi connectivity index (χ0) is 22.2. The molecule has 31 heavy (non-hydrogen) atoms. The molecule has 0 heterocycles. The molecule has 4 unspecified atom stereocenters. The van der Waals surface area contributed by atoms with Gasteiger partial charge in [0.15, 0.2) is 0 Å². The highest BCUT2D eigenvalue weighted by Gasteiger charge is 2.34. The van der Waals surface area contributed by atoms with E-state index < -0.39 is 0 Å². The highest BCUT2D eigenvalue weighted by Crippen LogP contribution is 2.42. The van der Waals surface area contributed by atoms with Gasteiger partial charge in [0.05, 0.1) is 6.04 Å². The van der Waals surface area contributed by atoms with Crippen LogP contribution in [0.5, 0.6) is 0 Å². The number of hydrogen-bond donors (Lipinski definition) is 6. The molecule has 7 heteroatoms. The average Bonchev–Trinajstić information content (AvgIpc) is 3.40. The van der Waals surface area contributed by atoms with Crippen molar-refractivity contribution in [3.05, 3.63) is 12.2 Å². The fraction of sp³-hybridized carbons (Fsp3) is 0.875. The van der Waals surface area contributed by atoms with Crippen LogP contribution in [0.2, 0.25) is 0 Å². The molecule has 1 saturated carbocycles. The van der Waals surface area contributed by atoms with Gasteiger partial charge in [-0.15, -0.1) is 0 Å². The molecule has 2 aliphatic carbocycles. The van der Waals surface area contributed by atoms with E-state index in [1.54, 1.807) is 0 Å². The smallest absolute Gasteiger partial charge is 0.236 e. The van der Waals surface area contributed by atoms with Gasteiger partial charge in [0.1, 0.15) is 0 Å². The number of unbranched alkanes of at least 4 members (excludes halogenated alkanes) is 2. The topological polar surface area (TPSA) is 117 Å². The Morgan fingerprint density at radius 3 is 2.19 bits per heavy atom. The monoisotopic (exact) mass is 436 g/mol. The Kier molecular flexibility index (Phi) is 14.1. The summed E-state index contributed by atoms with van der Waals surface area (Å²) in [5, 5.41) is 13.4. The first-order valence-electron chi connectivity index (χ1n) is 12.7. The summed E-state index contributed by atoms with van der Waals surface area (Å²) < 4.78 is 0. The second-order valence-corrected chi connectivity index (χ2v) is 9.34. The van der Waals surface area contributed by atoms with Crippen molar-refractivity contribution in [3.8, 4) is 0 Å². The molecule has 1 amide bonds. The van der Waals surface area contributed by atoms with Crippen LogP contribution in [0.3, 0.4) is 0 Å². The van der Waals surface area contributed by atoms with E-state index >= 15 is 0 Å². The maximum absolute atomic E-state index is 12.1. The highest BCUT2D eigenvalue weighted by molar-refractivity contribution is 5.81. The molecule has 2 rings (SSSR count). The van der Waals surface area contributed by atoms with Crippen LogP contribution in [-0.2, 0) is 4.79 Å². The molecule has 0 radical (unpaired) electrons. The predicted octanol–water partition coefficient (Wildman–Crippen LogP) is 1.10. The molecule has 7 nitrogen and oxygen atoms in total. The lowest BCUT2D eigenvalue weighted by Gasteiger charge is -2.18. The third-order valence-electron chi connectivity index (χ3n) is 6.62. The Labute approximate surface area is 189 Å². The Bertz CT molecular complexity index is 500. The summed E-state index contributed by atoms with van der Waals surface area (Å²) in [5.41, 5.74) is 11.5. The first-order chi connectivity index (χ1) is 15.2. The number of carbonyl (C=O) groups excluding carboxylic acids is 1. The van der Waals surface area contributed by atoms with E-state index in [1.165, 1.54) is 25.7 Å². The van der Waals surface area contributed by atoms with Crippen LogP contribution in [0.4, 0.5) is 0 Å². The van der Waals surface area contributed by atoms with Crippen molar-refractivity contribution in [2.24, 2.45) is 29.2 Å². The van der Waals surface area contributed by atoms with Gasteiger partial charge in [0.25, 0.3) is 0 Å². The van der Waals surface area contributed by atoms with Crippen molar-refractivity contribution < 1.29 is 4.79 Å². The van der Waals surface area contributed by atoms with E-state index in [0.29, 0.717) is 6.54 Å². The SMILES string of the molecule is NCCCNCCCCNCCCNC(=O)C(N)CCCCNCC1CC2C=CC1C2. The predicted molar refractivity (Wildman–Crippen MR) is 130 cm³/mol. The maximum atomic E-state index is 12.1. The summed E-state index contributed by atoms with van der Waals surface area (Å²) in [5.74, 6) is 2.49. The van der Waals surface area contributed by atoms with Gasteiger partial charge in [-0.05, 0) is 115 Å². The van der Waals surface area contributed by atoms with Crippen molar-refractivity contribution in [2.75, 3.05) is 52.4 Å². The van der Waals surface area contributed by atoms with Gasteiger partial charge in [-0.2, -0.15) is 0 Å². The normalized spacial score (nSPS) is 22.8. The van der Waals surface area contributed by atoms with E-state index in [9.17, 15) is 4.79 Å². The Hall–Kier alpha value is -0.990. The molecule has 8 N–H and O–H groups in total. The van der Waals surface area contributed by atoms with Crippen LogP contribution in [-0.4, -0.2) is 64.3 Å². The fourth-order valence-electron chi connectivity index (χ4n) is 4.70. The molecule has 0 aromatic carbocycles. The second kappa shape index (κ2) is 16.6. The molecule has 2 aliphatic rings. The molecule has 0 spiro atoms. The first-order valence-corrected chi connectivity index (χ1v) is 12.7. The average molecular weight is 437 g/mol. The van der Waals surface area contributed by atoms with Crippen molar-refractivity contribution in [3.63, 3.8) is 0 Å². The van der Waals surface area contributed by atoms with Crippen molar-refractivity contribution in [2.45, 2.75) is 63.8 Å². The zero-order valence-corrected chi connectivity index (χ0v) is 19.5. The summed E-state index contributed by atoms with van der Waals surface area (Å²) in [6.45, 7) is 7.65. The van der Waals surface area contributed by atoms with Crippen LogP contribution in [0.25, 0.3) is 0 Å². The van der Waals surface area contributed by atoms with E-state index in [2.05, 4.69) is 33.4 Å². The van der Waals surface area contributed by atoms with Crippen molar-refractivity contribution in [1.29, 1.82) is 0 Å². The third kappa shape index (κ3) is 11.4. The third-order valence-corrected chi connectivity index (χ3v) is 6.62. The minimum Gasteiger partial charge on any atom is -0.355 e. The number of nitrogens with two attached hydrogens (primary N) is 2. The molecular formula is C24H48N6O. The lowest BCUT2D eigenvalue weighted by Crippen LogP contribution is -2.41. The summed E-state index contributed by atoms with van der Waals surface area (Å²) >= 11 is 0. The van der Waals surface area contributed by atoms with Crippen molar-refractivity contribution >= 4 is 5.91 Å². The standard InChI is InChI=1S/C24H48N6O/c25-10-5-14-27-11-3-4-12-28-15-6-16-30-24(31)23(26)7-1-2-13-29-19-22-18-20-8-9-21(22)17-20/h8-9,20-23,27-29H,1-7,10-19,25-26H2,(H,30,31). The van der Waals surface area contributed by atoms with E-state index in [4.69, 9.17) is 11.5 Å². The summed E-state index contributed by atoms with van der Waals surface area (Å²) in [7, 11) is 0. The minimum absolute atomic E-state index is 0.00900. The summed E-state index contributed by atoms with van der Waals surface area (Å²) in [6.07, 6.45) is 14.7. The van der Waals surface area contributed by atoms with Gasteiger partial charge in [0, 0.05) is 6.54 Å². The first kappa shape index (κ1) is 26.3. The van der Waals surface area contributed by atoms with E-state index in [0.717, 1.165) is 95.7 Å². The second-order valence-electron chi connectivity index (χ2n) is 9.34. The van der Waals surface area contributed by atoms with Gasteiger partial charge in [0.2, 0.25) is 5.91 Å². The molecule has 0 saturated heterocycles. The van der Waals surface area contributed by atoms with E-state index in [-0.39, 0.29) is 11.9 Å². The van der Waals surface area contributed by atoms with Gasteiger partial charge in [-0.25, -0.2) is 0 Å². The maximum Gasteiger partial charge on any atom is 0.236 e. The number of hydrogen-bond acceptors (Lipinski definition) is 6. The molecule has 1 fully saturated rings. The molecule has 180 valence electrons. The number of carbonyl (C=O) groups is 1. The van der Waals surface area contributed by atoms with Gasteiger partial charge in [-0.1, -0.05) is 18.6 Å². The number of fused-ring (bicyclic) bond motifs is 2. The molecule has 0 aromatic rings. The quantitative estimate of drug-likeness (QED) is 0.126. The van der Waals surface area contributed by atoms with Crippen LogP contribution < -0.4 is 32.7 Å². The molecular weight excluding hydrogens is 388 g/mol.